The lowest BCUT2D eigenvalue weighted by atomic mass is 9.91. The van der Waals surface area contributed by atoms with E-state index in [1.165, 1.54) is 183 Å². The van der Waals surface area contributed by atoms with Gasteiger partial charge in [0.1, 0.15) is 0 Å². The van der Waals surface area contributed by atoms with Gasteiger partial charge in [-0.25, -0.2) is 0 Å². The van der Waals surface area contributed by atoms with Gasteiger partial charge in [-0.05, 0) is 197 Å². The number of para-hydroxylation sites is 8. The standard InChI is InChI=1S/C60H39N3S.C31H21NS.C30H20BrN/c1-4-17-40(18-5-1)46-26-16-29-55(60(46)41-31-34-49-47-23-10-13-27-53(47)62(56(49)37-41)42-19-6-2-7-20-42)61(45-33-36-52-51-25-12-15-30-58(51)64-59(52)39-45)44-32-35-50-48-24-11-14-28-54(48)63(57(50)38-44)43-21-8-3-9-22-43;1-2-8-23(9-3-1)32-28-12-6-4-10-24(28)25-16-14-21(19-29(25)32)18-22-15-17-27-26-11-5-7-13-30(26)33-31(27)20-22;31-27-16-9-15-24(21-10-3-1-4-11-21)30(27)22-18-19-26-25-14-7-8-17-28(25)32(29(26)20-22)23-12-5-2-6-13-23/h1-39H;1-17,19-20H,18H2;1-20H. The van der Waals surface area contributed by atoms with E-state index in [9.17, 15) is 0 Å². The molecule has 0 unspecified atom stereocenters. The lowest BCUT2D eigenvalue weighted by Crippen LogP contribution is -2.12. The number of benzene rings is 20. The number of hydrogen-bond acceptors (Lipinski definition) is 3. The van der Waals surface area contributed by atoms with Crippen LogP contribution in [0.4, 0.5) is 17.1 Å². The summed E-state index contributed by atoms with van der Waals surface area (Å²) in [6.07, 6.45) is 0.927. The number of halogens is 1. The molecule has 5 nitrogen and oxygen atoms in total. The van der Waals surface area contributed by atoms with Crippen LogP contribution < -0.4 is 4.90 Å². The van der Waals surface area contributed by atoms with Crippen molar-refractivity contribution in [1.82, 2.24) is 18.3 Å². The van der Waals surface area contributed by atoms with Crippen LogP contribution in [0.2, 0.25) is 0 Å². The number of aromatic nitrogens is 4. The maximum absolute atomic E-state index is 3.84. The minimum absolute atomic E-state index is 0.927. The van der Waals surface area contributed by atoms with Crippen molar-refractivity contribution >= 4 is 183 Å². The summed E-state index contributed by atoms with van der Waals surface area (Å²) in [5.74, 6) is 0. The first-order valence-corrected chi connectivity index (χ1v) is 46.3. The van der Waals surface area contributed by atoms with E-state index >= 15 is 0 Å². The third-order valence-corrected chi connectivity index (χ3v) is 28.5. The molecule has 0 N–H and O–H groups in total. The zero-order chi connectivity index (χ0) is 85.4. The molecule has 0 aliphatic heterocycles. The predicted molar refractivity (Wildman–Crippen MR) is 556 cm³/mol. The van der Waals surface area contributed by atoms with Crippen molar-refractivity contribution in [2.24, 2.45) is 0 Å². The van der Waals surface area contributed by atoms with Crippen LogP contribution in [0.3, 0.4) is 0 Å². The summed E-state index contributed by atoms with van der Waals surface area (Å²) in [6, 6.07) is 172. The topological polar surface area (TPSA) is 23.0 Å². The van der Waals surface area contributed by atoms with E-state index in [2.05, 4.69) is 512 Å². The van der Waals surface area contributed by atoms with Gasteiger partial charge in [0.05, 0.1) is 49.8 Å². The second kappa shape index (κ2) is 32.7. The maximum Gasteiger partial charge on any atom is 0.0561 e. The van der Waals surface area contributed by atoms with E-state index in [1.807, 2.05) is 22.7 Å². The molecule has 0 bridgehead atoms. The molecule has 6 heterocycles. The average Bonchev–Trinajstić information content (AvgIpc) is 1.39. The molecule has 26 aromatic rings. The minimum atomic E-state index is 0.927. The Bertz CT molecular complexity index is 8790. The van der Waals surface area contributed by atoms with E-state index < -0.39 is 0 Å². The van der Waals surface area contributed by atoms with Crippen LogP contribution in [0.1, 0.15) is 11.1 Å². The zero-order valence-electron chi connectivity index (χ0n) is 70.2. The van der Waals surface area contributed by atoms with Crippen molar-refractivity contribution in [2.45, 2.75) is 6.42 Å². The zero-order valence-corrected chi connectivity index (χ0v) is 73.4. The van der Waals surface area contributed by atoms with Crippen molar-refractivity contribution in [3.8, 4) is 67.3 Å². The summed E-state index contributed by atoms with van der Waals surface area (Å²) < 4.78 is 16.0. The first-order chi connectivity index (χ1) is 63.9. The molecule has 608 valence electrons. The molecule has 0 saturated heterocycles. The Morgan fingerprint density at radius 3 is 0.969 bits per heavy atom. The molecule has 129 heavy (non-hydrogen) atoms. The summed E-state index contributed by atoms with van der Waals surface area (Å²) in [7, 11) is 0. The van der Waals surface area contributed by atoms with Crippen LogP contribution in [0.15, 0.2) is 478 Å². The lowest BCUT2D eigenvalue weighted by Gasteiger charge is -2.29. The Morgan fingerprint density at radius 2 is 0.512 bits per heavy atom. The number of anilines is 3. The van der Waals surface area contributed by atoms with Gasteiger partial charge in [-0.1, -0.05) is 344 Å². The quantitative estimate of drug-likeness (QED) is 0.113. The van der Waals surface area contributed by atoms with Crippen LogP contribution >= 0.6 is 38.6 Å². The third-order valence-electron chi connectivity index (χ3n) is 25.6. The molecule has 0 radical (unpaired) electrons. The van der Waals surface area contributed by atoms with E-state index in [0.717, 1.165) is 50.4 Å². The monoisotopic (exact) mass is 1750 g/mol. The van der Waals surface area contributed by atoms with Crippen LogP contribution in [-0.2, 0) is 6.42 Å². The van der Waals surface area contributed by atoms with Gasteiger partial charge in [-0.3, -0.25) is 0 Å². The second-order valence-electron chi connectivity index (χ2n) is 33.1. The summed E-state index contributed by atoms with van der Waals surface area (Å²) in [5, 5.41) is 15.4. The van der Waals surface area contributed by atoms with Gasteiger partial charge in [0.2, 0.25) is 0 Å². The molecule has 8 heteroatoms. The first kappa shape index (κ1) is 76.9. The third kappa shape index (κ3) is 13.7. The minimum Gasteiger partial charge on any atom is -0.310 e. The van der Waals surface area contributed by atoms with E-state index in [-0.39, 0.29) is 0 Å². The molecule has 20 aromatic carbocycles. The Kier molecular flexibility index (Phi) is 19.5. The molecular formula is C121H80BrN5S2. The highest BCUT2D eigenvalue weighted by atomic mass is 79.9. The molecule has 0 atom stereocenters. The van der Waals surface area contributed by atoms with Crippen LogP contribution in [-0.4, -0.2) is 18.3 Å². The number of hydrogen-bond donors (Lipinski definition) is 0. The van der Waals surface area contributed by atoms with Gasteiger partial charge < -0.3 is 23.2 Å². The molecule has 0 fully saturated rings. The Balaban J connectivity index is 0.000000119. The van der Waals surface area contributed by atoms with Crippen molar-refractivity contribution in [2.75, 3.05) is 4.90 Å². The lowest BCUT2D eigenvalue weighted by molar-refractivity contribution is 1.16. The fourth-order valence-corrected chi connectivity index (χ4v) is 22.8. The highest BCUT2D eigenvalue weighted by Gasteiger charge is 2.27. The highest BCUT2D eigenvalue weighted by molar-refractivity contribution is 9.10. The molecular weight excluding hydrogens is 1670 g/mol. The van der Waals surface area contributed by atoms with Gasteiger partial charge >= 0.3 is 0 Å². The fraction of sp³-hybridized carbons (Fsp3) is 0.00826. The number of thiophene rings is 2. The van der Waals surface area contributed by atoms with Crippen molar-refractivity contribution in [3.63, 3.8) is 0 Å². The van der Waals surface area contributed by atoms with Gasteiger partial charge in [-0.2, -0.15) is 0 Å². The van der Waals surface area contributed by atoms with Gasteiger partial charge in [0.25, 0.3) is 0 Å². The van der Waals surface area contributed by atoms with Crippen molar-refractivity contribution in [3.05, 3.63) is 489 Å². The Morgan fingerprint density at radius 1 is 0.202 bits per heavy atom. The number of fused-ring (bicyclic) bond motifs is 18. The normalized spacial score (nSPS) is 11.6. The smallest absolute Gasteiger partial charge is 0.0561 e. The van der Waals surface area contributed by atoms with E-state index in [4.69, 9.17) is 0 Å². The molecule has 0 saturated carbocycles. The number of rotatable bonds is 13. The van der Waals surface area contributed by atoms with Crippen LogP contribution in [0, 0.1) is 0 Å². The molecule has 6 aromatic heterocycles. The van der Waals surface area contributed by atoms with Crippen LogP contribution in [0.5, 0.6) is 0 Å². The first-order valence-electron chi connectivity index (χ1n) is 43.9. The summed E-state index contributed by atoms with van der Waals surface area (Å²) in [5.41, 5.74) is 29.8. The summed E-state index contributed by atoms with van der Waals surface area (Å²) in [6.45, 7) is 0. The van der Waals surface area contributed by atoms with Gasteiger partial charge in [-0.15, -0.1) is 22.7 Å². The maximum atomic E-state index is 3.84. The van der Waals surface area contributed by atoms with Crippen molar-refractivity contribution < 1.29 is 0 Å². The largest absolute Gasteiger partial charge is 0.310 e. The summed E-state index contributed by atoms with van der Waals surface area (Å²) in [4.78, 5) is 2.50. The average molecular weight is 1750 g/mol. The highest BCUT2D eigenvalue weighted by Crippen LogP contribution is 2.51. The predicted octanol–water partition coefficient (Wildman–Crippen LogP) is 34.7. The Hall–Kier alpha value is -15.7. The molecule has 0 aliphatic carbocycles. The van der Waals surface area contributed by atoms with Gasteiger partial charge in [0.15, 0.2) is 0 Å². The number of nitrogens with zero attached hydrogens (tertiary/aromatic N) is 5. The summed E-state index contributed by atoms with van der Waals surface area (Å²) >= 11 is 7.58. The molecule has 0 spiro atoms. The van der Waals surface area contributed by atoms with Gasteiger partial charge in [0, 0.05) is 133 Å². The fourth-order valence-electron chi connectivity index (χ4n) is 19.9. The van der Waals surface area contributed by atoms with Crippen LogP contribution in [0.25, 0.3) is 195 Å². The second-order valence-corrected chi connectivity index (χ2v) is 36.1. The molecule has 0 amide bonds. The van der Waals surface area contributed by atoms with E-state index in [0.29, 0.717) is 0 Å². The molecule has 0 aliphatic rings. The van der Waals surface area contributed by atoms with Crippen molar-refractivity contribution in [1.29, 1.82) is 0 Å². The SMILES string of the molecule is Brc1cccc(-c2ccccc2)c1-c1ccc2c3ccccc3n(-c3ccccc3)c2c1.c1ccc(-c2cccc(N(c3ccc4c(c3)sc3ccccc34)c3ccc4c5ccccc5n(-c5ccccc5)c4c3)c2-c2ccc3c4ccccc4n(-c4ccccc4)c3c2)cc1.c1ccc(-n2c3ccccc3c3ccc(Cc4ccc5c(c4)sc4ccccc45)cc32)cc1. The van der Waals surface area contributed by atoms with E-state index in [1.54, 1.807) is 0 Å². The Labute approximate surface area is 762 Å². The molecule has 26 rings (SSSR count).